The van der Waals surface area contributed by atoms with Gasteiger partial charge in [0.05, 0.1) is 15.7 Å². The topological polar surface area (TPSA) is 64.7 Å². The van der Waals surface area contributed by atoms with E-state index in [0.29, 0.717) is 18.7 Å². The van der Waals surface area contributed by atoms with Crippen LogP contribution >= 0.6 is 23.2 Å². The Morgan fingerprint density at radius 2 is 2.04 bits per heavy atom. The second kappa shape index (κ2) is 7.71. The summed E-state index contributed by atoms with van der Waals surface area (Å²) in [5, 5.41) is 10.3. The highest BCUT2D eigenvalue weighted by atomic mass is 35.5. The summed E-state index contributed by atoms with van der Waals surface area (Å²) in [6.45, 7) is 2.92. The maximum absolute atomic E-state index is 13.0. The zero-order valence-electron chi connectivity index (χ0n) is 14.5. The lowest BCUT2D eigenvalue weighted by atomic mass is 10.2. The molecule has 1 aliphatic carbocycles. The van der Waals surface area contributed by atoms with E-state index in [2.05, 4.69) is 15.5 Å². The molecule has 2 aromatic rings. The molecule has 0 radical (unpaired) electrons. The molecule has 0 saturated heterocycles. The van der Waals surface area contributed by atoms with Gasteiger partial charge in [-0.3, -0.25) is 14.2 Å². The third-order valence-corrected chi connectivity index (χ3v) is 4.90. The fraction of sp³-hybridized carbons (Fsp3) is 0.562. The maximum Gasteiger partial charge on any atom is 0.436 e. The predicted molar refractivity (Wildman–Crippen MR) is 94.1 cm³/mol. The highest BCUT2D eigenvalue weighted by Gasteiger charge is 2.41. The van der Waals surface area contributed by atoms with Crippen LogP contribution in [0.15, 0.2) is 6.20 Å². The van der Waals surface area contributed by atoms with Crippen LogP contribution < -0.4 is 5.32 Å². The lowest BCUT2D eigenvalue weighted by Gasteiger charge is -2.08. The summed E-state index contributed by atoms with van der Waals surface area (Å²) in [6.07, 6.45) is -1.03. The number of hydrogen-bond donors (Lipinski definition) is 1. The van der Waals surface area contributed by atoms with Crippen molar-refractivity contribution in [2.75, 3.05) is 6.54 Å². The Bertz CT molecular complexity index is 842. The molecule has 3 rings (SSSR count). The van der Waals surface area contributed by atoms with E-state index in [1.165, 1.54) is 4.68 Å². The minimum atomic E-state index is -4.59. The Morgan fingerprint density at radius 1 is 1.33 bits per heavy atom. The van der Waals surface area contributed by atoms with E-state index in [9.17, 15) is 18.0 Å². The Morgan fingerprint density at radius 3 is 2.59 bits per heavy atom. The van der Waals surface area contributed by atoms with E-state index >= 15 is 0 Å². The maximum atomic E-state index is 13.0. The summed E-state index contributed by atoms with van der Waals surface area (Å²) in [5.41, 5.74) is -0.495. The zero-order chi connectivity index (χ0) is 19.8. The first-order valence-corrected chi connectivity index (χ1v) is 9.32. The van der Waals surface area contributed by atoms with Crippen LogP contribution in [0.2, 0.25) is 10.0 Å². The summed E-state index contributed by atoms with van der Waals surface area (Å²) in [6, 6.07) is 0. The van der Waals surface area contributed by atoms with E-state index < -0.39 is 17.8 Å². The van der Waals surface area contributed by atoms with Crippen LogP contribution in [0.3, 0.4) is 0 Å². The number of hydrogen-bond acceptors (Lipinski definition) is 3. The second-order valence-corrected chi connectivity index (χ2v) is 7.12. The Hall–Kier alpha value is -1.74. The molecule has 1 fully saturated rings. The zero-order valence-corrected chi connectivity index (χ0v) is 16.0. The SMILES string of the molecule is CCn1cc(Cl)c(C(=O)NCCCn2nc(C(F)(F)F)c(Cl)c2C2CC2)n1. The molecule has 0 atom stereocenters. The van der Waals surface area contributed by atoms with Gasteiger partial charge in [0.1, 0.15) is 0 Å². The average Bonchev–Trinajstić information content (AvgIpc) is 3.26. The molecule has 2 heterocycles. The van der Waals surface area contributed by atoms with Crippen molar-refractivity contribution < 1.29 is 18.0 Å². The first-order chi connectivity index (χ1) is 12.7. The second-order valence-electron chi connectivity index (χ2n) is 6.33. The van der Waals surface area contributed by atoms with E-state index in [4.69, 9.17) is 23.2 Å². The number of nitrogens with one attached hydrogen (secondary N) is 1. The van der Waals surface area contributed by atoms with Gasteiger partial charge in [0.15, 0.2) is 11.4 Å². The molecule has 2 aromatic heterocycles. The fourth-order valence-corrected chi connectivity index (χ4v) is 3.41. The van der Waals surface area contributed by atoms with E-state index in [1.807, 2.05) is 6.92 Å². The number of aromatic nitrogens is 4. The molecule has 0 spiro atoms. The van der Waals surface area contributed by atoms with Gasteiger partial charge >= 0.3 is 6.18 Å². The molecule has 6 nitrogen and oxygen atoms in total. The molecule has 0 unspecified atom stereocenters. The Balaban J connectivity index is 1.60. The normalized spacial score (nSPS) is 14.6. The standard InChI is InChI=1S/C16H18Cl2F3N5O/c1-2-25-8-10(17)12(23-25)15(27)22-6-3-7-26-13(9-4-5-9)11(18)14(24-26)16(19,20)21/h8-9H,2-7H2,1H3,(H,22,27). The number of aryl methyl sites for hydroxylation is 2. The van der Waals surface area contributed by atoms with E-state index in [1.54, 1.807) is 10.9 Å². The van der Waals surface area contributed by atoms with Crippen LogP contribution in [0.5, 0.6) is 0 Å². The highest BCUT2D eigenvalue weighted by Crippen LogP contribution is 2.46. The lowest BCUT2D eigenvalue weighted by molar-refractivity contribution is -0.141. The number of carbonyl (C=O) groups excluding carboxylic acids is 1. The lowest BCUT2D eigenvalue weighted by Crippen LogP contribution is -2.26. The summed E-state index contributed by atoms with van der Waals surface area (Å²) in [5.74, 6) is -0.406. The van der Waals surface area contributed by atoms with Gasteiger partial charge in [-0.05, 0) is 26.2 Å². The smallest absolute Gasteiger partial charge is 0.351 e. The largest absolute Gasteiger partial charge is 0.436 e. The van der Waals surface area contributed by atoms with Crippen LogP contribution in [-0.4, -0.2) is 32.0 Å². The number of rotatable bonds is 7. The van der Waals surface area contributed by atoms with Crippen molar-refractivity contribution in [1.82, 2.24) is 24.9 Å². The molecule has 11 heteroatoms. The number of alkyl halides is 3. The fourth-order valence-electron chi connectivity index (χ4n) is 2.78. The van der Waals surface area contributed by atoms with Crippen molar-refractivity contribution in [1.29, 1.82) is 0 Å². The molecule has 0 aliphatic heterocycles. The predicted octanol–water partition coefficient (Wildman–Crippen LogP) is 4.12. The van der Waals surface area contributed by atoms with Gasteiger partial charge in [-0.2, -0.15) is 23.4 Å². The van der Waals surface area contributed by atoms with E-state index in [0.717, 1.165) is 12.8 Å². The van der Waals surface area contributed by atoms with Crippen molar-refractivity contribution in [3.63, 3.8) is 0 Å². The molecule has 0 bridgehead atoms. The Kier molecular flexibility index (Phi) is 5.71. The summed E-state index contributed by atoms with van der Waals surface area (Å²) in [7, 11) is 0. The van der Waals surface area contributed by atoms with Crippen LogP contribution in [0.4, 0.5) is 13.2 Å². The number of amides is 1. The molecule has 1 N–H and O–H groups in total. The van der Waals surface area contributed by atoms with Crippen LogP contribution in [-0.2, 0) is 19.3 Å². The monoisotopic (exact) mass is 423 g/mol. The number of nitrogens with zero attached hydrogens (tertiary/aromatic N) is 4. The highest BCUT2D eigenvalue weighted by molar-refractivity contribution is 6.33. The number of carbonyl (C=O) groups is 1. The minimum absolute atomic E-state index is 0.0208. The third-order valence-electron chi connectivity index (χ3n) is 4.25. The van der Waals surface area contributed by atoms with Gasteiger partial charge in [-0.1, -0.05) is 23.2 Å². The number of halogens is 5. The Labute approximate surface area is 163 Å². The third kappa shape index (κ3) is 4.40. The molecule has 1 aliphatic rings. The van der Waals surface area contributed by atoms with E-state index in [-0.39, 0.29) is 34.7 Å². The average molecular weight is 424 g/mol. The quantitative estimate of drug-likeness (QED) is 0.681. The first-order valence-electron chi connectivity index (χ1n) is 8.57. The molecule has 1 saturated carbocycles. The van der Waals surface area contributed by atoms with Crippen molar-refractivity contribution >= 4 is 29.1 Å². The molecular weight excluding hydrogens is 406 g/mol. The van der Waals surface area contributed by atoms with Crippen molar-refractivity contribution in [3.8, 4) is 0 Å². The first kappa shape index (κ1) is 20.0. The summed E-state index contributed by atoms with van der Waals surface area (Å²) >= 11 is 11.9. The molecule has 1 amide bonds. The molecule has 27 heavy (non-hydrogen) atoms. The molecule has 0 aromatic carbocycles. The van der Waals surface area contributed by atoms with Gasteiger partial charge in [0, 0.05) is 31.7 Å². The minimum Gasteiger partial charge on any atom is -0.351 e. The van der Waals surface area contributed by atoms with Gasteiger partial charge in [0.2, 0.25) is 0 Å². The van der Waals surface area contributed by atoms with Crippen molar-refractivity contribution in [2.24, 2.45) is 0 Å². The van der Waals surface area contributed by atoms with Gasteiger partial charge in [0.25, 0.3) is 5.91 Å². The van der Waals surface area contributed by atoms with Crippen molar-refractivity contribution in [3.05, 3.63) is 33.3 Å². The van der Waals surface area contributed by atoms with Crippen molar-refractivity contribution in [2.45, 2.75) is 51.4 Å². The van der Waals surface area contributed by atoms with Crippen LogP contribution in [0.1, 0.15) is 54.0 Å². The van der Waals surface area contributed by atoms with Gasteiger partial charge < -0.3 is 5.32 Å². The van der Waals surface area contributed by atoms with Crippen LogP contribution in [0.25, 0.3) is 0 Å². The summed E-state index contributed by atoms with van der Waals surface area (Å²) in [4.78, 5) is 12.1. The van der Waals surface area contributed by atoms with Gasteiger partial charge in [-0.15, -0.1) is 0 Å². The molecular formula is C16H18Cl2F3N5O. The van der Waals surface area contributed by atoms with Gasteiger partial charge in [-0.25, -0.2) is 0 Å². The van der Waals surface area contributed by atoms with Crippen LogP contribution in [0, 0.1) is 0 Å². The summed E-state index contributed by atoms with van der Waals surface area (Å²) < 4.78 is 42.0. The molecule has 148 valence electrons.